The summed E-state index contributed by atoms with van der Waals surface area (Å²) in [4.78, 5) is 23.9. The molecule has 0 radical (unpaired) electrons. The van der Waals surface area contributed by atoms with Gasteiger partial charge in [-0.1, -0.05) is 37.5 Å². The molecule has 5 heteroatoms. The zero-order chi connectivity index (χ0) is 16.8. The summed E-state index contributed by atoms with van der Waals surface area (Å²) in [5.74, 6) is -0.126. The van der Waals surface area contributed by atoms with E-state index in [1.807, 2.05) is 18.2 Å². The average molecular weight is 330 g/mol. The number of carbonyl (C=O) groups excluding carboxylic acids is 2. The lowest BCUT2D eigenvalue weighted by molar-refractivity contribution is -0.121. The van der Waals surface area contributed by atoms with Crippen LogP contribution in [0.3, 0.4) is 0 Å². The van der Waals surface area contributed by atoms with Crippen LogP contribution in [0.15, 0.2) is 24.3 Å². The highest BCUT2D eigenvalue weighted by Gasteiger charge is 2.29. The smallest absolute Gasteiger partial charge is 0.252 e. The van der Waals surface area contributed by atoms with Crippen LogP contribution in [-0.2, 0) is 9.53 Å². The first-order chi connectivity index (χ1) is 11.7. The van der Waals surface area contributed by atoms with E-state index >= 15 is 0 Å². The Bertz CT molecular complexity index is 582. The van der Waals surface area contributed by atoms with E-state index in [0.717, 1.165) is 12.0 Å². The summed E-state index contributed by atoms with van der Waals surface area (Å²) in [5, 5.41) is 5.79. The van der Waals surface area contributed by atoms with Crippen LogP contribution in [0.5, 0.6) is 0 Å². The van der Waals surface area contributed by atoms with E-state index in [1.165, 1.54) is 32.1 Å². The molecule has 1 heterocycles. The van der Waals surface area contributed by atoms with Gasteiger partial charge < -0.3 is 15.4 Å². The van der Waals surface area contributed by atoms with Gasteiger partial charge >= 0.3 is 0 Å². The van der Waals surface area contributed by atoms with Crippen LogP contribution in [0.25, 0.3) is 0 Å². The molecule has 0 bridgehead atoms. The summed E-state index contributed by atoms with van der Waals surface area (Å²) < 4.78 is 5.85. The number of fused-ring (bicyclic) bond motifs is 1. The highest BCUT2D eigenvalue weighted by molar-refractivity contribution is 5.99. The topological polar surface area (TPSA) is 67.4 Å². The van der Waals surface area contributed by atoms with Crippen molar-refractivity contribution in [3.8, 4) is 0 Å². The van der Waals surface area contributed by atoms with E-state index in [2.05, 4.69) is 10.6 Å². The van der Waals surface area contributed by atoms with Crippen molar-refractivity contribution in [1.29, 1.82) is 0 Å². The molecular weight excluding hydrogens is 304 g/mol. The zero-order valence-electron chi connectivity index (χ0n) is 14.1. The first-order valence-corrected chi connectivity index (χ1v) is 9.02. The summed E-state index contributed by atoms with van der Waals surface area (Å²) >= 11 is 0. The first kappa shape index (κ1) is 17.0. The average Bonchev–Trinajstić information content (AvgIpc) is 2.92. The van der Waals surface area contributed by atoms with Crippen LogP contribution < -0.4 is 10.6 Å². The molecule has 1 aromatic rings. The quantitative estimate of drug-likeness (QED) is 0.755. The fourth-order valence-electron chi connectivity index (χ4n) is 3.52. The monoisotopic (exact) mass is 330 g/mol. The van der Waals surface area contributed by atoms with Crippen molar-refractivity contribution in [2.75, 3.05) is 13.2 Å². The van der Waals surface area contributed by atoms with Crippen molar-refractivity contribution in [3.05, 3.63) is 35.4 Å². The Kier molecular flexibility index (Phi) is 5.86. The van der Waals surface area contributed by atoms with E-state index in [-0.39, 0.29) is 24.3 Å². The number of ether oxygens (including phenoxy) is 1. The van der Waals surface area contributed by atoms with Crippen molar-refractivity contribution >= 4 is 11.8 Å². The van der Waals surface area contributed by atoms with Crippen LogP contribution >= 0.6 is 0 Å². The fourth-order valence-corrected chi connectivity index (χ4v) is 3.52. The highest BCUT2D eigenvalue weighted by atomic mass is 16.5. The molecular formula is C19H26N2O3. The molecule has 0 saturated heterocycles. The van der Waals surface area contributed by atoms with Gasteiger partial charge in [0.1, 0.15) is 0 Å². The maximum absolute atomic E-state index is 12.1. The molecule has 5 nitrogen and oxygen atoms in total. The number of nitrogens with one attached hydrogen (secondary N) is 2. The Balaban J connectivity index is 1.34. The molecule has 1 aromatic carbocycles. The third-order valence-electron chi connectivity index (χ3n) is 4.82. The van der Waals surface area contributed by atoms with Gasteiger partial charge in [0.05, 0.1) is 18.6 Å². The van der Waals surface area contributed by atoms with Gasteiger partial charge in [0.25, 0.3) is 5.91 Å². The number of carbonyl (C=O) groups is 2. The van der Waals surface area contributed by atoms with Crippen molar-refractivity contribution in [2.45, 2.75) is 57.1 Å². The van der Waals surface area contributed by atoms with Gasteiger partial charge in [-0.25, -0.2) is 0 Å². The minimum atomic E-state index is -0.216. The Labute approximate surface area is 143 Å². The van der Waals surface area contributed by atoms with Gasteiger partial charge in [-0.3, -0.25) is 9.59 Å². The van der Waals surface area contributed by atoms with Crippen LogP contribution in [0.2, 0.25) is 0 Å². The summed E-state index contributed by atoms with van der Waals surface area (Å²) in [6, 6.07) is 7.22. The van der Waals surface area contributed by atoms with Crippen molar-refractivity contribution in [1.82, 2.24) is 10.6 Å². The van der Waals surface area contributed by atoms with Gasteiger partial charge in [0.2, 0.25) is 5.91 Å². The van der Waals surface area contributed by atoms with Crippen LogP contribution in [0.1, 0.15) is 66.9 Å². The van der Waals surface area contributed by atoms with E-state index in [1.54, 1.807) is 6.07 Å². The second-order valence-corrected chi connectivity index (χ2v) is 6.65. The second-order valence-electron chi connectivity index (χ2n) is 6.65. The molecule has 0 spiro atoms. The van der Waals surface area contributed by atoms with Gasteiger partial charge in [0, 0.05) is 18.7 Å². The number of hydrogen-bond acceptors (Lipinski definition) is 3. The Morgan fingerprint density at radius 1 is 1.21 bits per heavy atom. The Morgan fingerprint density at radius 3 is 2.83 bits per heavy atom. The van der Waals surface area contributed by atoms with Crippen LogP contribution in [0.4, 0.5) is 0 Å². The second kappa shape index (κ2) is 8.29. The largest absolute Gasteiger partial charge is 0.378 e. The fraction of sp³-hybridized carbons (Fsp3) is 0.579. The lowest BCUT2D eigenvalue weighted by Crippen LogP contribution is -2.30. The van der Waals surface area contributed by atoms with Crippen molar-refractivity contribution < 1.29 is 14.3 Å². The summed E-state index contributed by atoms with van der Waals surface area (Å²) in [6.07, 6.45) is 7.75. The predicted molar refractivity (Wildman–Crippen MR) is 91.7 cm³/mol. The third kappa shape index (κ3) is 4.35. The minimum absolute atomic E-state index is 0.0327. The summed E-state index contributed by atoms with van der Waals surface area (Å²) in [6.45, 7) is 1.32. The van der Waals surface area contributed by atoms with Gasteiger partial charge in [-0.2, -0.15) is 0 Å². The van der Waals surface area contributed by atoms with Crippen LogP contribution in [0, 0.1) is 0 Å². The van der Waals surface area contributed by atoms with Gasteiger partial charge in [-0.15, -0.1) is 0 Å². The molecule has 0 aromatic heterocycles. The van der Waals surface area contributed by atoms with Gasteiger partial charge in [0.15, 0.2) is 0 Å². The Hall–Kier alpha value is -1.88. The molecule has 2 amide bonds. The first-order valence-electron chi connectivity index (χ1n) is 9.02. The molecule has 24 heavy (non-hydrogen) atoms. The molecule has 130 valence electrons. The number of rotatable bonds is 7. The molecule has 1 aliphatic carbocycles. The molecule has 1 aliphatic heterocycles. The number of benzene rings is 1. The van der Waals surface area contributed by atoms with Gasteiger partial charge in [-0.05, 0) is 30.9 Å². The number of amides is 2. The Morgan fingerprint density at radius 2 is 2.00 bits per heavy atom. The normalized spacial score (nSPS) is 20.5. The SMILES string of the molecule is O=C(C[C@@H]1NC(=O)c2ccccc21)NCCCOC1CCCCC1. The van der Waals surface area contributed by atoms with E-state index < -0.39 is 0 Å². The minimum Gasteiger partial charge on any atom is -0.378 e. The highest BCUT2D eigenvalue weighted by Crippen LogP contribution is 2.27. The predicted octanol–water partition coefficient (Wildman–Crippen LogP) is 2.72. The summed E-state index contributed by atoms with van der Waals surface area (Å²) in [5.41, 5.74) is 1.59. The summed E-state index contributed by atoms with van der Waals surface area (Å²) in [7, 11) is 0. The van der Waals surface area contributed by atoms with E-state index in [9.17, 15) is 9.59 Å². The molecule has 3 rings (SSSR count). The van der Waals surface area contributed by atoms with E-state index in [4.69, 9.17) is 4.74 Å². The van der Waals surface area contributed by atoms with Crippen LogP contribution in [-0.4, -0.2) is 31.1 Å². The molecule has 0 unspecified atom stereocenters. The number of hydrogen-bond donors (Lipinski definition) is 2. The van der Waals surface area contributed by atoms with E-state index in [0.29, 0.717) is 24.8 Å². The lowest BCUT2D eigenvalue weighted by atomic mass is 9.98. The molecule has 2 aliphatic rings. The maximum Gasteiger partial charge on any atom is 0.252 e. The molecule has 2 N–H and O–H groups in total. The standard InChI is InChI=1S/C19H26N2O3/c22-18(20-11-6-12-24-14-7-2-1-3-8-14)13-17-15-9-4-5-10-16(15)19(23)21-17/h4-5,9-10,14,17H,1-3,6-8,11-13H2,(H,20,22)(H,21,23)/t17-/m0/s1. The maximum atomic E-state index is 12.1. The third-order valence-corrected chi connectivity index (χ3v) is 4.82. The molecule has 1 saturated carbocycles. The lowest BCUT2D eigenvalue weighted by Gasteiger charge is -2.22. The molecule has 1 fully saturated rings. The van der Waals surface area contributed by atoms with Crippen molar-refractivity contribution in [2.24, 2.45) is 0 Å². The van der Waals surface area contributed by atoms with Crippen molar-refractivity contribution in [3.63, 3.8) is 0 Å². The molecule has 1 atom stereocenters. The zero-order valence-corrected chi connectivity index (χ0v) is 14.1.